The van der Waals surface area contributed by atoms with E-state index in [1.165, 1.54) is 7.11 Å². The molecule has 0 atom stereocenters. The standard InChI is InChI=1S/C16H21Cl2N3O3/c1-3-6-19-16(23)21-9-7-20(8-10-21)15(22)13-11(17)4-5-12(18)14(13)24-2/h4-5H,3,6-10H2,1-2H3,(H,19,23). The van der Waals surface area contributed by atoms with Gasteiger partial charge in [-0.2, -0.15) is 0 Å². The molecular weight excluding hydrogens is 353 g/mol. The third-order valence-corrected chi connectivity index (χ3v) is 4.47. The fourth-order valence-electron chi connectivity index (χ4n) is 2.55. The number of nitrogens with zero attached hydrogens (tertiary/aromatic N) is 2. The average molecular weight is 374 g/mol. The predicted octanol–water partition coefficient (Wildman–Crippen LogP) is 2.88. The van der Waals surface area contributed by atoms with Gasteiger partial charge < -0.3 is 19.9 Å². The molecule has 8 heteroatoms. The lowest BCUT2D eigenvalue weighted by Gasteiger charge is -2.35. The molecule has 0 bridgehead atoms. The number of hydrogen-bond donors (Lipinski definition) is 1. The normalized spacial score (nSPS) is 14.5. The zero-order chi connectivity index (χ0) is 17.7. The van der Waals surface area contributed by atoms with E-state index in [0.717, 1.165) is 6.42 Å². The van der Waals surface area contributed by atoms with Gasteiger partial charge in [-0.05, 0) is 18.6 Å². The van der Waals surface area contributed by atoms with Crippen molar-refractivity contribution in [2.75, 3.05) is 39.8 Å². The van der Waals surface area contributed by atoms with Gasteiger partial charge in [-0.15, -0.1) is 0 Å². The highest BCUT2D eigenvalue weighted by molar-refractivity contribution is 6.37. The quantitative estimate of drug-likeness (QED) is 0.882. The van der Waals surface area contributed by atoms with Gasteiger partial charge in [0.05, 0.1) is 17.2 Å². The number of piperazine rings is 1. The van der Waals surface area contributed by atoms with E-state index in [-0.39, 0.29) is 23.3 Å². The minimum absolute atomic E-state index is 0.0951. The van der Waals surface area contributed by atoms with Gasteiger partial charge in [0.2, 0.25) is 0 Å². The lowest BCUT2D eigenvalue weighted by Crippen LogP contribution is -2.53. The van der Waals surface area contributed by atoms with Crippen LogP contribution >= 0.6 is 23.2 Å². The molecule has 6 nitrogen and oxygen atoms in total. The Bertz CT molecular complexity index is 617. The van der Waals surface area contributed by atoms with Crippen LogP contribution < -0.4 is 10.1 Å². The smallest absolute Gasteiger partial charge is 0.317 e. The first kappa shape index (κ1) is 18.7. The lowest BCUT2D eigenvalue weighted by atomic mass is 10.1. The zero-order valence-electron chi connectivity index (χ0n) is 13.8. The minimum atomic E-state index is -0.243. The van der Waals surface area contributed by atoms with Crippen molar-refractivity contribution in [3.8, 4) is 5.75 Å². The van der Waals surface area contributed by atoms with E-state index >= 15 is 0 Å². The number of rotatable bonds is 4. The molecule has 1 aliphatic rings. The van der Waals surface area contributed by atoms with Gasteiger partial charge in [-0.3, -0.25) is 4.79 Å². The monoisotopic (exact) mass is 373 g/mol. The van der Waals surface area contributed by atoms with Gasteiger partial charge in [-0.25, -0.2) is 4.79 Å². The average Bonchev–Trinajstić information content (AvgIpc) is 2.60. The molecule has 1 aromatic rings. The third-order valence-electron chi connectivity index (χ3n) is 3.86. The van der Waals surface area contributed by atoms with Crippen LogP contribution in [0.3, 0.4) is 0 Å². The van der Waals surface area contributed by atoms with Crippen LogP contribution in [0.2, 0.25) is 10.0 Å². The molecule has 2 rings (SSSR count). The van der Waals surface area contributed by atoms with Crippen molar-refractivity contribution in [3.05, 3.63) is 27.7 Å². The van der Waals surface area contributed by atoms with Crippen molar-refractivity contribution >= 4 is 35.1 Å². The summed E-state index contributed by atoms with van der Waals surface area (Å²) in [5.74, 6) is 0.0326. The van der Waals surface area contributed by atoms with E-state index in [4.69, 9.17) is 27.9 Å². The molecule has 1 aromatic carbocycles. The Kier molecular flexibility index (Phi) is 6.57. The fourth-order valence-corrected chi connectivity index (χ4v) is 3.01. The van der Waals surface area contributed by atoms with Crippen molar-refractivity contribution < 1.29 is 14.3 Å². The molecule has 0 aromatic heterocycles. The first-order valence-corrected chi connectivity index (χ1v) is 8.59. The summed E-state index contributed by atoms with van der Waals surface area (Å²) in [5, 5.41) is 3.47. The summed E-state index contributed by atoms with van der Waals surface area (Å²) in [6.45, 7) is 4.46. The maximum Gasteiger partial charge on any atom is 0.317 e. The number of ether oxygens (including phenoxy) is 1. The van der Waals surface area contributed by atoms with Crippen LogP contribution in [-0.2, 0) is 0 Å². The Morgan fingerprint density at radius 1 is 1.12 bits per heavy atom. The molecule has 0 spiro atoms. The second kappa shape index (κ2) is 8.44. The van der Waals surface area contributed by atoms with Crippen LogP contribution in [-0.4, -0.2) is 61.6 Å². The van der Waals surface area contributed by atoms with Gasteiger partial charge in [0.15, 0.2) is 5.75 Å². The van der Waals surface area contributed by atoms with Gasteiger partial charge in [0.1, 0.15) is 5.56 Å². The van der Waals surface area contributed by atoms with Crippen LogP contribution in [0.25, 0.3) is 0 Å². The Morgan fingerprint density at radius 2 is 1.71 bits per heavy atom. The van der Waals surface area contributed by atoms with E-state index in [2.05, 4.69) is 5.32 Å². The number of carbonyl (C=O) groups is 2. The van der Waals surface area contributed by atoms with Gasteiger partial charge in [-0.1, -0.05) is 30.1 Å². The lowest BCUT2D eigenvalue weighted by molar-refractivity contribution is 0.0662. The summed E-state index contributed by atoms with van der Waals surface area (Å²) in [6, 6.07) is 3.08. The highest BCUT2D eigenvalue weighted by Gasteiger charge is 2.28. The molecule has 0 aliphatic carbocycles. The molecule has 1 saturated heterocycles. The summed E-state index contributed by atoms with van der Waals surface area (Å²) < 4.78 is 5.23. The van der Waals surface area contributed by atoms with E-state index in [1.807, 2.05) is 6.92 Å². The largest absolute Gasteiger partial charge is 0.494 e. The Hall–Kier alpha value is -1.66. The van der Waals surface area contributed by atoms with Gasteiger partial charge in [0, 0.05) is 32.7 Å². The Morgan fingerprint density at radius 3 is 2.29 bits per heavy atom. The van der Waals surface area contributed by atoms with Crippen LogP contribution in [0.1, 0.15) is 23.7 Å². The molecular formula is C16H21Cl2N3O3. The number of nitrogens with one attached hydrogen (secondary N) is 1. The second-order valence-electron chi connectivity index (χ2n) is 5.45. The third kappa shape index (κ3) is 4.05. The maximum atomic E-state index is 12.8. The summed E-state index contributed by atoms with van der Waals surface area (Å²) in [4.78, 5) is 28.1. The fraction of sp³-hybridized carbons (Fsp3) is 0.500. The van der Waals surface area contributed by atoms with E-state index < -0.39 is 0 Å². The molecule has 24 heavy (non-hydrogen) atoms. The van der Waals surface area contributed by atoms with Crippen molar-refractivity contribution in [1.82, 2.24) is 15.1 Å². The Balaban J connectivity index is 2.06. The molecule has 0 saturated carbocycles. The molecule has 1 heterocycles. The molecule has 1 N–H and O–H groups in total. The van der Waals surface area contributed by atoms with Crippen molar-refractivity contribution in [3.63, 3.8) is 0 Å². The molecule has 1 aliphatic heterocycles. The van der Waals surface area contributed by atoms with Crippen molar-refractivity contribution in [1.29, 1.82) is 0 Å². The van der Waals surface area contributed by atoms with Crippen LogP contribution in [0.15, 0.2) is 12.1 Å². The molecule has 132 valence electrons. The zero-order valence-corrected chi connectivity index (χ0v) is 15.3. The maximum absolute atomic E-state index is 12.8. The first-order valence-electron chi connectivity index (χ1n) is 7.83. The topological polar surface area (TPSA) is 61.9 Å². The van der Waals surface area contributed by atoms with Crippen LogP contribution in [0, 0.1) is 0 Å². The number of methoxy groups -OCH3 is 1. The summed E-state index contributed by atoms with van der Waals surface area (Å²) in [5.41, 5.74) is 0.260. The molecule has 0 radical (unpaired) electrons. The SMILES string of the molecule is CCCNC(=O)N1CCN(C(=O)c2c(Cl)ccc(Cl)c2OC)CC1. The summed E-state index contributed by atoms with van der Waals surface area (Å²) >= 11 is 12.3. The number of carbonyl (C=O) groups excluding carboxylic acids is 2. The number of hydrogen-bond acceptors (Lipinski definition) is 3. The van der Waals surface area contributed by atoms with E-state index in [9.17, 15) is 9.59 Å². The number of benzene rings is 1. The highest BCUT2D eigenvalue weighted by Crippen LogP contribution is 2.34. The van der Waals surface area contributed by atoms with Crippen LogP contribution in [0.5, 0.6) is 5.75 Å². The summed E-state index contributed by atoms with van der Waals surface area (Å²) in [7, 11) is 1.45. The minimum Gasteiger partial charge on any atom is -0.494 e. The number of urea groups is 1. The molecule has 1 fully saturated rings. The predicted molar refractivity (Wildman–Crippen MR) is 94.2 cm³/mol. The van der Waals surface area contributed by atoms with Crippen molar-refractivity contribution in [2.24, 2.45) is 0 Å². The second-order valence-corrected chi connectivity index (χ2v) is 6.26. The van der Waals surface area contributed by atoms with E-state index in [1.54, 1.807) is 21.9 Å². The molecule has 0 unspecified atom stereocenters. The summed E-state index contributed by atoms with van der Waals surface area (Å²) in [6.07, 6.45) is 0.886. The van der Waals surface area contributed by atoms with Crippen molar-refractivity contribution in [2.45, 2.75) is 13.3 Å². The Labute approximate surface area is 151 Å². The molecule has 3 amide bonds. The first-order chi connectivity index (χ1) is 11.5. The van der Waals surface area contributed by atoms with Gasteiger partial charge in [0.25, 0.3) is 5.91 Å². The van der Waals surface area contributed by atoms with Gasteiger partial charge >= 0.3 is 6.03 Å². The number of halogens is 2. The van der Waals surface area contributed by atoms with Crippen LogP contribution in [0.4, 0.5) is 4.79 Å². The highest BCUT2D eigenvalue weighted by atomic mass is 35.5. The van der Waals surface area contributed by atoms with E-state index in [0.29, 0.717) is 42.8 Å². The number of amides is 3.